The maximum atomic E-state index is 3.17. The molecule has 0 aliphatic heterocycles. The normalized spacial score (nSPS) is 9.55. The van der Waals surface area contributed by atoms with E-state index in [2.05, 4.69) is 26.4 Å². The first kappa shape index (κ1) is 8.58. The van der Waals surface area contributed by atoms with Crippen molar-refractivity contribution < 1.29 is 0 Å². The molecular formula is C8H9ClNP. The van der Waals surface area contributed by atoms with Gasteiger partial charge in [0.05, 0.1) is 0 Å². The summed E-state index contributed by atoms with van der Waals surface area (Å²) in [6.45, 7) is 0. The van der Waals surface area contributed by atoms with Gasteiger partial charge >= 0.3 is 0 Å². The molecule has 1 aromatic heterocycles. The van der Waals surface area contributed by atoms with Gasteiger partial charge in [-0.25, -0.2) is 0 Å². The molecule has 2 rings (SSSR count). The summed E-state index contributed by atoms with van der Waals surface area (Å²) in [4.78, 5) is 3.17. The lowest BCUT2D eigenvalue weighted by Gasteiger charge is -1.86. The summed E-state index contributed by atoms with van der Waals surface area (Å²) in [5.41, 5.74) is 1.20. The third kappa shape index (κ3) is 1.40. The average Bonchev–Trinajstić information content (AvgIpc) is 2.34. The summed E-state index contributed by atoms with van der Waals surface area (Å²) in [5, 5.41) is 2.52. The standard InChI is InChI=1S/C8H8NP.ClH/c10-8-5-9-7-4-2-1-3-6(7)8;/h1-5,9H,10H2;1H. The predicted octanol–water partition coefficient (Wildman–Crippen LogP) is 2.09. The number of H-pyrrole nitrogens is 1. The van der Waals surface area contributed by atoms with Crippen LogP contribution in [0.25, 0.3) is 10.9 Å². The van der Waals surface area contributed by atoms with Crippen molar-refractivity contribution in [1.82, 2.24) is 4.98 Å². The van der Waals surface area contributed by atoms with Gasteiger partial charge in [0.1, 0.15) is 0 Å². The maximum Gasteiger partial charge on any atom is 0.0460 e. The van der Waals surface area contributed by atoms with Crippen LogP contribution < -0.4 is 5.30 Å². The zero-order valence-electron chi connectivity index (χ0n) is 5.87. The highest BCUT2D eigenvalue weighted by Crippen LogP contribution is 2.10. The van der Waals surface area contributed by atoms with E-state index < -0.39 is 0 Å². The van der Waals surface area contributed by atoms with Gasteiger partial charge in [-0.1, -0.05) is 18.2 Å². The van der Waals surface area contributed by atoms with Crippen LogP contribution in [0.2, 0.25) is 0 Å². The fourth-order valence-electron chi connectivity index (χ4n) is 1.09. The Balaban J connectivity index is 0.000000605. The number of halogens is 1. The predicted molar refractivity (Wildman–Crippen MR) is 54.9 cm³/mol. The van der Waals surface area contributed by atoms with Gasteiger partial charge in [-0.3, -0.25) is 0 Å². The summed E-state index contributed by atoms with van der Waals surface area (Å²) in [7, 11) is 2.70. The Morgan fingerprint density at radius 2 is 1.91 bits per heavy atom. The number of benzene rings is 1. The molecule has 1 unspecified atom stereocenters. The average molecular weight is 186 g/mol. The van der Waals surface area contributed by atoms with Crippen LogP contribution in [0.1, 0.15) is 0 Å². The number of nitrogens with one attached hydrogen (secondary N) is 1. The van der Waals surface area contributed by atoms with Crippen LogP contribution in [-0.2, 0) is 0 Å². The lowest BCUT2D eigenvalue weighted by Crippen LogP contribution is -1.81. The molecule has 1 N–H and O–H groups in total. The number of rotatable bonds is 0. The summed E-state index contributed by atoms with van der Waals surface area (Å²) >= 11 is 0. The first-order valence-corrected chi connectivity index (χ1v) is 3.77. The van der Waals surface area contributed by atoms with Crippen LogP contribution in [-0.4, -0.2) is 4.98 Å². The second-order valence-corrected chi connectivity index (χ2v) is 2.91. The van der Waals surface area contributed by atoms with Crippen LogP contribution in [0.4, 0.5) is 0 Å². The zero-order chi connectivity index (χ0) is 6.97. The minimum absolute atomic E-state index is 0. The molecule has 1 aromatic carbocycles. The molecule has 0 amide bonds. The van der Waals surface area contributed by atoms with Crippen molar-refractivity contribution in [1.29, 1.82) is 0 Å². The third-order valence-corrected chi connectivity index (χ3v) is 2.10. The van der Waals surface area contributed by atoms with Gasteiger partial charge in [-0.05, 0) is 11.4 Å². The van der Waals surface area contributed by atoms with Gasteiger partial charge in [-0.15, -0.1) is 21.6 Å². The van der Waals surface area contributed by atoms with E-state index in [-0.39, 0.29) is 12.4 Å². The van der Waals surface area contributed by atoms with E-state index in [1.165, 1.54) is 16.2 Å². The van der Waals surface area contributed by atoms with Crippen LogP contribution in [0.5, 0.6) is 0 Å². The minimum Gasteiger partial charge on any atom is -0.361 e. The van der Waals surface area contributed by atoms with E-state index >= 15 is 0 Å². The van der Waals surface area contributed by atoms with E-state index in [1.807, 2.05) is 18.3 Å². The van der Waals surface area contributed by atoms with Crippen molar-refractivity contribution in [3.8, 4) is 0 Å². The largest absolute Gasteiger partial charge is 0.361 e. The number of aromatic amines is 1. The fraction of sp³-hybridized carbons (Fsp3) is 0. The monoisotopic (exact) mass is 185 g/mol. The van der Waals surface area contributed by atoms with Crippen molar-refractivity contribution in [3.63, 3.8) is 0 Å². The first-order chi connectivity index (χ1) is 4.88. The van der Waals surface area contributed by atoms with E-state index in [9.17, 15) is 0 Å². The number of hydrogen-bond acceptors (Lipinski definition) is 0. The summed E-state index contributed by atoms with van der Waals surface area (Å²) < 4.78 is 0. The molecule has 58 valence electrons. The molecule has 0 bridgehead atoms. The molecule has 0 spiro atoms. The minimum atomic E-state index is 0. The molecule has 0 fully saturated rings. The Kier molecular flexibility index (Phi) is 2.53. The Morgan fingerprint density at radius 1 is 1.18 bits per heavy atom. The lowest BCUT2D eigenvalue weighted by molar-refractivity contribution is 1.49. The van der Waals surface area contributed by atoms with Gasteiger partial charge in [0, 0.05) is 17.1 Å². The number of hydrogen-bond donors (Lipinski definition) is 1. The van der Waals surface area contributed by atoms with E-state index in [4.69, 9.17) is 0 Å². The van der Waals surface area contributed by atoms with Crippen molar-refractivity contribution in [2.45, 2.75) is 0 Å². The summed E-state index contributed by atoms with van der Waals surface area (Å²) in [5.74, 6) is 0. The highest BCUT2D eigenvalue weighted by molar-refractivity contribution is 7.28. The van der Waals surface area contributed by atoms with Crippen LogP contribution in [0.3, 0.4) is 0 Å². The smallest absolute Gasteiger partial charge is 0.0460 e. The van der Waals surface area contributed by atoms with E-state index in [0.29, 0.717) is 0 Å². The summed E-state index contributed by atoms with van der Waals surface area (Å²) in [6, 6.07) is 8.25. The number of para-hydroxylation sites is 1. The molecule has 1 heterocycles. The molecular weight excluding hydrogens is 177 g/mol. The fourth-order valence-corrected chi connectivity index (χ4v) is 1.43. The quantitative estimate of drug-likeness (QED) is 0.605. The Bertz CT molecular complexity index is 356. The molecule has 3 heteroatoms. The molecule has 0 aliphatic rings. The molecule has 0 radical (unpaired) electrons. The van der Waals surface area contributed by atoms with Crippen molar-refractivity contribution in [2.75, 3.05) is 0 Å². The maximum absolute atomic E-state index is 3.17. The second kappa shape index (κ2) is 3.25. The Morgan fingerprint density at radius 3 is 2.64 bits per heavy atom. The SMILES string of the molecule is Cl.Pc1c[nH]c2ccccc12. The topological polar surface area (TPSA) is 15.8 Å². The molecule has 11 heavy (non-hydrogen) atoms. The van der Waals surface area contributed by atoms with Crippen molar-refractivity contribution in [3.05, 3.63) is 30.5 Å². The van der Waals surface area contributed by atoms with Crippen LogP contribution >= 0.6 is 21.6 Å². The van der Waals surface area contributed by atoms with Crippen molar-refractivity contribution in [2.24, 2.45) is 0 Å². The van der Waals surface area contributed by atoms with Gasteiger partial charge in [-0.2, -0.15) is 0 Å². The third-order valence-electron chi connectivity index (χ3n) is 1.62. The van der Waals surface area contributed by atoms with Gasteiger partial charge < -0.3 is 4.98 Å². The molecule has 0 saturated heterocycles. The Hall–Kier alpha value is -0.520. The Labute approximate surface area is 73.8 Å². The van der Waals surface area contributed by atoms with E-state index in [1.54, 1.807) is 0 Å². The molecule has 1 nitrogen and oxygen atoms in total. The lowest BCUT2D eigenvalue weighted by atomic mass is 10.2. The van der Waals surface area contributed by atoms with Gasteiger partial charge in [0.25, 0.3) is 0 Å². The molecule has 2 aromatic rings. The van der Waals surface area contributed by atoms with E-state index in [0.717, 1.165) is 0 Å². The first-order valence-electron chi connectivity index (χ1n) is 3.19. The van der Waals surface area contributed by atoms with Gasteiger partial charge in [0.15, 0.2) is 0 Å². The highest BCUT2D eigenvalue weighted by atomic mass is 35.5. The molecule has 0 saturated carbocycles. The van der Waals surface area contributed by atoms with Gasteiger partial charge in [0.2, 0.25) is 0 Å². The molecule has 1 atom stereocenters. The second-order valence-electron chi connectivity index (χ2n) is 2.29. The van der Waals surface area contributed by atoms with Crippen LogP contribution in [0.15, 0.2) is 30.5 Å². The molecule has 0 aliphatic carbocycles. The van der Waals surface area contributed by atoms with Crippen molar-refractivity contribution >= 4 is 37.9 Å². The number of aromatic nitrogens is 1. The summed E-state index contributed by atoms with van der Waals surface area (Å²) in [6.07, 6.45) is 2.00. The number of fused-ring (bicyclic) bond motifs is 1. The highest BCUT2D eigenvalue weighted by Gasteiger charge is 1.94. The van der Waals surface area contributed by atoms with Crippen LogP contribution in [0, 0.1) is 0 Å². The zero-order valence-corrected chi connectivity index (χ0v) is 7.84.